The van der Waals surface area contributed by atoms with Crippen LogP contribution in [-0.2, 0) is 17.9 Å². The van der Waals surface area contributed by atoms with Crippen LogP contribution in [0.4, 0.5) is 0 Å². The van der Waals surface area contributed by atoms with Crippen LogP contribution in [-0.4, -0.2) is 13.0 Å². The molecule has 2 aromatic carbocycles. The molecule has 0 unspecified atom stereocenters. The molecule has 1 amide bonds. The fourth-order valence-electron chi connectivity index (χ4n) is 1.88. The Morgan fingerprint density at radius 3 is 2.43 bits per heavy atom. The van der Waals surface area contributed by atoms with Crippen LogP contribution in [0.2, 0.25) is 10.0 Å². The van der Waals surface area contributed by atoms with Crippen molar-refractivity contribution in [2.24, 2.45) is 0 Å². The van der Waals surface area contributed by atoms with E-state index in [9.17, 15) is 4.79 Å². The molecular formula is C16H15Cl2NO2. The zero-order chi connectivity index (χ0) is 15.2. The average molecular weight is 324 g/mol. The van der Waals surface area contributed by atoms with Crippen molar-refractivity contribution in [2.75, 3.05) is 7.11 Å². The van der Waals surface area contributed by atoms with Crippen LogP contribution in [0.25, 0.3) is 0 Å². The third-order valence-corrected chi connectivity index (χ3v) is 3.80. The molecule has 0 saturated carbocycles. The summed E-state index contributed by atoms with van der Waals surface area (Å²) in [6.45, 7) is 1.000. The van der Waals surface area contributed by atoms with Gasteiger partial charge in [0.2, 0.25) is 0 Å². The van der Waals surface area contributed by atoms with Crippen molar-refractivity contribution in [3.05, 3.63) is 69.2 Å². The molecule has 0 bridgehead atoms. The molecule has 110 valence electrons. The van der Waals surface area contributed by atoms with Crippen LogP contribution in [0, 0.1) is 0 Å². The van der Waals surface area contributed by atoms with Gasteiger partial charge in [0.1, 0.15) is 0 Å². The molecule has 1 N–H and O–H groups in total. The van der Waals surface area contributed by atoms with E-state index in [1.165, 1.54) is 0 Å². The predicted molar refractivity (Wildman–Crippen MR) is 84.8 cm³/mol. The maximum Gasteiger partial charge on any atom is 0.253 e. The molecule has 5 heteroatoms. The second-order valence-electron chi connectivity index (χ2n) is 4.53. The van der Waals surface area contributed by atoms with Crippen molar-refractivity contribution >= 4 is 29.1 Å². The molecule has 0 fully saturated rings. The van der Waals surface area contributed by atoms with Crippen molar-refractivity contribution in [3.8, 4) is 0 Å². The molecule has 3 nitrogen and oxygen atoms in total. The first-order chi connectivity index (χ1) is 10.1. The Balaban J connectivity index is 1.99. The number of hydrogen-bond donors (Lipinski definition) is 1. The lowest BCUT2D eigenvalue weighted by Crippen LogP contribution is -2.23. The highest BCUT2D eigenvalue weighted by Gasteiger charge is 2.12. The highest BCUT2D eigenvalue weighted by molar-refractivity contribution is 6.43. The fourth-order valence-corrected chi connectivity index (χ4v) is 2.26. The van der Waals surface area contributed by atoms with Gasteiger partial charge in [-0.2, -0.15) is 0 Å². The normalized spacial score (nSPS) is 10.4. The van der Waals surface area contributed by atoms with E-state index < -0.39 is 0 Å². The second-order valence-corrected chi connectivity index (χ2v) is 5.32. The van der Waals surface area contributed by atoms with Crippen LogP contribution >= 0.6 is 23.2 Å². The molecule has 0 aromatic heterocycles. The summed E-state index contributed by atoms with van der Waals surface area (Å²) in [6.07, 6.45) is 0. The summed E-state index contributed by atoms with van der Waals surface area (Å²) in [6, 6.07) is 12.8. The minimum absolute atomic E-state index is 0.247. The molecular weight excluding hydrogens is 309 g/mol. The number of nitrogens with one attached hydrogen (secondary N) is 1. The lowest BCUT2D eigenvalue weighted by atomic mass is 10.1. The number of carbonyl (C=O) groups excluding carboxylic acids is 1. The van der Waals surface area contributed by atoms with Gasteiger partial charge in [0.15, 0.2) is 0 Å². The van der Waals surface area contributed by atoms with E-state index in [1.807, 2.05) is 24.3 Å². The van der Waals surface area contributed by atoms with E-state index in [-0.39, 0.29) is 10.9 Å². The predicted octanol–water partition coefficient (Wildman–Crippen LogP) is 4.07. The van der Waals surface area contributed by atoms with Crippen molar-refractivity contribution in [1.29, 1.82) is 0 Å². The van der Waals surface area contributed by atoms with Crippen molar-refractivity contribution in [2.45, 2.75) is 13.2 Å². The van der Waals surface area contributed by atoms with Crippen molar-refractivity contribution in [1.82, 2.24) is 5.32 Å². The van der Waals surface area contributed by atoms with E-state index in [0.29, 0.717) is 23.7 Å². The van der Waals surface area contributed by atoms with E-state index in [4.69, 9.17) is 27.9 Å². The number of rotatable bonds is 5. The highest BCUT2D eigenvalue weighted by atomic mass is 35.5. The molecule has 21 heavy (non-hydrogen) atoms. The summed E-state index contributed by atoms with van der Waals surface area (Å²) in [7, 11) is 1.66. The lowest BCUT2D eigenvalue weighted by Gasteiger charge is -2.08. The molecule has 0 saturated heterocycles. The first-order valence-electron chi connectivity index (χ1n) is 6.41. The van der Waals surface area contributed by atoms with Crippen LogP contribution in [0.5, 0.6) is 0 Å². The van der Waals surface area contributed by atoms with Crippen LogP contribution < -0.4 is 5.32 Å². The Bertz CT molecular complexity index is 627. The molecule has 2 rings (SSSR count). The summed E-state index contributed by atoms with van der Waals surface area (Å²) in [4.78, 5) is 12.1. The molecule has 0 atom stereocenters. The first-order valence-corrected chi connectivity index (χ1v) is 7.16. The van der Waals surface area contributed by atoms with Gasteiger partial charge in [0.05, 0.1) is 22.2 Å². The third kappa shape index (κ3) is 4.21. The van der Waals surface area contributed by atoms with Gasteiger partial charge < -0.3 is 10.1 Å². The molecule has 0 heterocycles. The number of ether oxygens (including phenoxy) is 1. The van der Waals surface area contributed by atoms with Gasteiger partial charge in [-0.25, -0.2) is 0 Å². The van der Waals surface area contributed by atoms with Gasteiger partial charge in [0, 0.05) is 13.7 Å². The van der Waals surface area contributed by atoms with Crippen molar-refractivity contribution in [3.63, 3.8) is 0 Å². The van der Waals surface area contributed by atoms with E-state index >= 15 is 0 Å². The maximum absolute atomic E-state index is 12.1. The van der Waals surface area contributed by atoms with Gasteiger partial charge >= 0.3 is 0 Å². The number of hydrogen-bond acceptors (Lipinski definition) is 2. The number of benzene rings is 2. The molecule has 0 aliphatic carbocycles. The average Bonchev–Trinajstić information content (AvgIpc) is 2.49. The smallest absolute Gasteiger partial charge is 0.253 e. The van der Waals surface area contributed by atoms with Gasteiger partial charge in [0.25, 0.3) is 5.91 Å². The minimum Gasteiger partial charge on any atom is -0.380 e. The molecule has 0 aliphatic heterocycles. The zero-order valence-electron chi connectivity index (χ0n) is 11.5. The second kappa shape index (κ2) is 7.46. The monoisotopic (exact) mass is 323 g/mol. The van der Waals surface area contributed by atoms with E-state index in [0.717, 1.165) is 11.1 Å². The number of methoxy groups -OCH3 is 1. The van der Waals surface area contributed by atoms with Gasteiger partial charge in [-0.15, -0.1) is 0 Å². The number of amides is 1. The Hall–Kier alpha value is -1.55. The van der Waals surface area contributed by atoms with Crippen LogP contribution in [0.3, 0.4) is 0 Å². The Kier molecular flexibility index (Phi) is 5.62. The molecule has 2 aromatic rings. The van der Waals surface area contributed by atoms with E-state index in [2.05, 4.69) is 5.32 Å². The quantitative estimate of drug-likeness (QED) is 0.900. The minimum atomic E-state index is -0.247. The van der Waals surface area contributed by atoms with Crippen LogP contribution in [0.1, 0.15) is 21.5 Å². The topological polar surface area (TPSA) is 38.3 Å². The number of halogens is 2. The van der Waals surface area contributed by atoms with Crippen molar-refractivity contribution < 1.29 is 9.53 Å². The first kappa shape index (κ1) is 15.8. The molecule has 0 spiro atoms. The summed E-state index contributed by atoms with van der Waals surface area (Å²) < 4.78 is 5.05. The zero-order valence-corrected chi connectivity index (χ0v) is 13.0. The van der Waals surface area contributed by atoms with Gasteiger partial charge in [-0.1, -0.05) is 53.5 Å². The summed E-state index contributed by atoms with van der Waals surface area (Å²) in [5, 5.41) is 3.46. The largest absolute Gasteiger partial charge is 0.380 e. The Morgan fingerprint density at radius 1 is 1.10 bits per heavy atom. The highest BCUT2D eigenvalue weighted by Crippen LogP contribution is 2.25. The van der Waals surface area contributed by atoms with Gasteiger partial charge in [-0.05, 0) is 23.3 Å². The molecule has 0 radical (unpaired) electrons. The summed E-state index contributed by atoms with van der Waals surface area (Å²) in [5.41, 5.74) is 2.46. The molecule has 0 aliphatic rings. The third-order valence-electron chi connectivity index (χ3n) is 2.98. The Morgan fingerprint density at radius 2 is 1.76 bits per heavy atom. The lowest BCUT2D eigenvalue weighted by molar-refractivity contribution is 0.0951. The fraction of sp³-hybridized carbons (Fsp3) is 0.188. The van der Waals surface area contributed by atoms with Gasteiger partial charge in [-0.3, -0.25) is 4.79 Å². The Labute approximate surface area is 133 Å². The number of carbonyl (C=O) groups is 1. The standard InChI is InChI=1S/C16H15Cl2NO2/c1-21-10-12-7-5-11(6-8-12)9-19-16(20)13-3-2-4-14(17)15(13)18/h2-8H,9-10H2,1H3,(H,19,20). The van der Waals surface area contributed by atoms with E-state index in [1.54, 1.807) is 25.3 Å². The SMILES string of the molecule is COCc1ccc(CNC(=O)c2cccc(Cl)c2Cl)cc1. The summed E-state index contributed by atoms with van der Waals surface area (Å²) >= 11 is 11.9. The summed E-state index contributed by atoms with van der Waals surface area (Å²) in [5.74, 6) is -0.247. The van der Waals surface area contributed by atoms with Crippen LogP contribution in [0.15, 0.2) is 42.5 Å². The maximum atomic E-state index is 12.1.